The van der Waals surface area contributed by atoms with E-state index in [-0.39, 0.29) is 28.7 Å². The number of carbonyl (C=O) groups excluding carboxylic acids is 2. The molecule has 0 fully saturated rings. The van der Waals surface area contributed by atoms with Gasteiger partial charge in [-0.3, -0.25) is 14.5 Å². The van der Waals surface area contributed by atoms with E-state index in [4.69, 9.17) is 21.1 Å². The highest BCUT2D eigenvalue weighted by Crippen LogP contribution is 2.39. The van der Waals surface area contributed by atoms with Crippen molar-refractivity contribution in [3.63, 3.8) is 0 Å². The smallest absolute Gasteiger partial charge is 0.260 e. The number of benzene rings is 2. The zero-order valence-electron chi connectivity index (χ0n) is 23.5. The summed E-state index contributed by atoms with van der Waals surface area (Å²) in [6, 6.07) is 13.7. The maximum Gasteiger partial charge on any atom is 0.260 e. The zero-order valence-corrected chi connectivity index (χ0v) is 24.2. The van der Waals surface area contributed by atoms with Gasteiger partial charge in [0.05, 0.1) is 19.8 Å². The van der Waals surface area contributed by atoms with Gasteiger partial charge in [0.1, 0.15) is 11.2 Å². The third-order valence-corrected chi connectivity index (χ3v) is 6.53. The predicted molar refractivity (Wildman–Crippen MR) is 153 cm³/mol. The Morgan fingerprint density at radius 2 is 1.63 bits per heavy atom. The third-order valence-electron chi connectivity index (χ3n) is 6.30. The SMILES string of the molecule is COc1cc(C(C(=O)CC(C)(C)C)N(C(=O)c2ccc(Cl)nc2)c2ccc(C(C)C)cc2)cc(C)c1OC. The highest BCUT2D eigenvalue weighted by Gasteiger charge is 2.36. The Morgan fingerprint density at radius 3 is 2.13 bits per heavy atom. The van der Waals surface area contributed by atoms with Crippen molar-refractivity contribution in [1.29, 1.82) is 0 Å². The molecule has 38 heavy (non-hydrogen) atoms. The van der Waals surface area contributed by atoms with E-state index < -0.39 is 6.04 Å². The highest BCUT2D eigenvalue weighted by atomic mass is 35.5. The Morgan fingerprint density at radius 1 is 0.974 bits per heavy atom. The van der Waals surface area contributed by atoms with Crippen LogP contribution in [0.25, 0.3) is 0 Å². The molecule has 0 spiro atoms. The number of ether oxygens (including phenoxy) is 2. The van der Waals surface area contributed by atoms with Crippen LogP contribution in [0.5, 0.6) is 11.5 Å². The second-order valence-electron chi connectivity index (χ2n) is 11.0. The lowest BCUT2D eigenvalue weighted by atomic mass is 9.85. The van der Waals surface area contributed by atoms with Gasteiger partial charge in [-0.05, 0) is 71.3 Å². The Bertz CT molecular complexity index is 1280. The first-order valence-corrected chi connectivity index (χ1v) is 13.0. The number of pyridine rings is 1. The number of Topliss-reactive ketones (excluding diaryl/α,β-unsaturated/α-hetero) is 1. The molecule has 0 radical (unpaired) electrons. The van der Waals surface area contributed by atoms with Crippen molar-refractivity contribution in [2.24, 2.45) is 5.41 Å². The van der Waals surface area contributed by atoms with Crippen molar-refractivity contribution in [2.45, 2.75) is 59.9 Å². The monoisotopic (exact) mass is 536 g/mol. The second-order valence-corrected chi connectivity index (χ2v) is 11.4. The van der Waals surface area contributed by atoms with Crippen molar-refractivity contribution < 1.29 is 19.1 Å². The number of hydrogen-bond donors (Lipinski definition) is 0. The molecule has 0 saturated heterocycles. The summed E-state index contributed by atoms with van der Waals surface area (Å²) in [5.41, 5.74) is 3.21. The van der Waals surface area contributed by atoms with Crippen molar-refractivity contribution in [3.8, 4) is 11.5 Å². The standard InChI is InChI=1S/C31H37ClN2O4/c1-19(2)21-9-12-24(13-10-21)34(30(36)22-11-14-27(32)33-18-22)28(25(35)17-31(4,5)6)23-15-20(3)29(38-8)26(16-23)37-7/h9-16,18-19,28H,17H2,1-8H3. The minimum Gasteiger partial charge on any atom is -0.493 e. The van der Waals surface area contributed by atoms with Crippen molar-refractivity contribution in [3.05, 3.63) is 82.1 Å². The van der Waals surface area contributed by atoms with Crippen LogP contribution in [0.2, 0.25) is 5.15 Å². The number of ketones is 1. The number of hydrogen-bond acceptors (Lipinski definition) is 5. The molecule has 1 atom stereocenters. The summed E-state index contributed by atoms with van der Waals surface area (Å²) in [5.74, 6) is 0.949. The van der Waals surface area contributed by atoms with Crippen LogP contribution in [0.15, 0.2) is 54.7 Å². The predicted octanol–water partition coefficient (Wildman–Crippen LogP) is 7.58. The van der Waals surface area contributed by atoms with Gasteiger partial charge in [0.2, 0.25) is 0 Å². The Hall–Kier alpha value is -3.38. The van der Waals surface area contributed by atoms with Gasteiger partial charge in [-0.15, -0.1) is 0 Å². The largest absolute Gasteiger partial charge is 0.493 e. The summed E-state index contributed by atoms with van der Waals surface area (Å²) < 4.78 is 11.2. The van der Waals surface area contributed by atoms with Crippen molar-refractivity contribution in [2.75, 3.05) is 19.1 Å². The van der Waals surface area contributed by atoms with Crippen LogP contribution in [-0.2, 0) is 4.79 Å². The molecule has 1 aromatic heterocycles. The molecule has 0 saturated carbocycles. The molecule has 0 aliphatic carbocycles. The summed E-state index contributed by atoms with van der Waals surface area (Å²) in [5, 5.41) is 0.283. The normalized spacial score (nSPS) is 12.3. The molecule has 0 aliphatic rings. The molecule has 0 N–H and O–H groups in total. The Balaban J connectivity index is 2.29. The lowest BCUT2D eigenvalue weighted by Crippen LogP contribution is -2.40. The van der Waals surface area contributed by atoms with E-state index in [0.717, 1.165) is 11.1 Å². The van der Waals surface area contributed by atoms with Crippen LogP contribution in [0, 0.1) is 12.3 Å². The van der Waals surface area contributed by atoms with Crippen molar-refractivity contribution >= 4 is 29.0 Å². The average Bonchev–Trinajstić information content (AvgIpc) is 2.85. The number of methoxy groups -OCH3 is 2. The number of amides is 1. The summed E-state index contributed by atoms with van der Waals surface area (Å²) in [7, 11) is 3.13. The molecule has 0 bridgehead atoms. The molecule has 3 aromatic rings. The third kappa shape index (κ3) is 6.73. The van der Waals surface area contributed by atoms with Gasteiger partial charge in [0.15, 0.2) is 17.3 Å². The number of halogens is 1. The van der Waals surface area contributed by atoms with Gasteiger partial charge in [0.25, 0.3) is 5.91 Å². The number of aromatic nitrogens is 1. The van der Waals surface area contributed by atoms with Gasteiger partial charge < -0.3 is 9.47 Å². The van der Waals surface area contributed by atoms with E-state index in [0.29, 0.717) is 34.2 Å². The van der Waals surface area contributed by atoms with Gasteiger partial charge in [-0.25, -0.2) is 4.98 Å². The van der Waals surface area contributed by atoms with Gasteiger partial charge in [-0.1, -0.05) is 58.4 Å². The highest BCUT2D eigenvalue weighted by molar-refractivity contribution is 6.29. The molecule has 1 unspecified atom stereocenters. The van der Waals surface area contributed by atoms with Gasteiger partial charge >= 0.3 is 0 Å². The lowest BCUT2D eigenvalue weighted by molar-refractivity contribution is -0.122. The number of nitrogens with zero attached hydrogens (tertiary/aromatic N) is 2. The molecule has 0 aliphatic heterocycles. The molecule has 1 heterocycles. The topological polar surface area (TPSA) is 68.7 Å². The van der Waals surface area contributed by atoms with E-state index >= 15 is 0 Å². The van der Waals surface area contributed by atoms with Gasteiger partial charge in [-0.2, -0.15) is 0 Å². The van der Waals surface area contributed by atoms with E-state index in [1.165, 1.54) is 6.20 Å². The zero-order chi connectivity index (χ0) is 28.2. The minimum atomic E-state index is -0.916. The Labute approximate surface area is 230 Å². The summed E-state index contributed by atoms with van der Waals surface area (Å²) in [4.78, 5) is 33.9. The fourth-order valence-electron chi connectivity index (χ4n) is 4.48. The molecule has 1 amide bonds. The number of rotatable bonds is 9. The van der Waals surface area contributed by atoms with Crippen LogP contribution >= 0.6 is 11.6 Å². The molecular formula is C31H37ClN2O4. The van der Waals surface area contributed by atoms with Gasteiger partial charge in [0, 0.05) is 18.3 Å². The average molecular weight is 537 g/mol. The fraction of sp³-hybridized carbons (Fsp3) is 0.387. The molecule has 3 rings (SSSR count). The lowest BCUT2D eigenvalue weighted by Gasteiger charge is -2.34. The number of aryl methyl sites for hydroxylation is 1. The summed E-state index contributed by atoms with van der Waals surface area (Å²) >= 11 is 6.00. The van der Waals surface area contributed by atoms with E-state index in [1.807, 2.05) is 58.0 Å². The second kappa shape index (κ2) is 12.0. The van der Waals surface area contributed by atoms with Crippen LogP contribution in [0.1, 0.15) is 80.0 Å². The van der Waals surface area contributed by atoms with E-state index in [2.05, 4.69) is 18.8 Å². The molecular weight excluding hydrogens is 500 g/mol. The van der Waals surface area contributed by atoms with Crippen LogP contribution in [-0.4, -0.2) is 30.9 Å². The van der Waals surface area contributed by atoms with Crippen LogP contribution in [0.4, 0.5) is 5.69 Å². The maximum absolute atomic E-state index is 14.2. The van der Waals surface area contributed by atoms with E-state index in [9.17, 15) is 9.59 Å². The minimum absolute atomic E-state index is 0.0904. The molecule has 7 heteroatoms. The van der Waals surface area contributed by atoms with Crippen LogP contribution < -0.4 is 14.4 Å². The van der Waals surface area contributed by atoms with Crippen LogP contribution in [0.3, 0.4) is 0 Å². The van der Waals surface area contributed by atoms with E-state index in [1.54, 1.807) is 37.3 Å². The first kappa shape index (κ1) is 29.2. The quantitative estimate of drug-likeness (QED) is 0.264. The first-order chi connectivity index (χ1) is 17.9. The van der Waals surface area contributed by atoms with Crippen molar-refractivity contribution in [1.82, 2.24) is 4.98 Å². The summed E-state index contributed by atoms with van der Waals surface area (Å²) in [6.07, 6.45) is 1.70. The Kier molecular flexibility index (Phi) is 9.21. The number of anilines is 1. The summed E-state index contributed by atoms with van der Waals surface area (Å²) in [6.45, 7) is 12.1. The number of carbonyl (C=O) groups is 2. The maximum atomic E-state index is 14.2. The first-order valence-electron chi connectivity index (χ1n) is 12.7. The fourth-order valence-corrected chi connectivity index (χ4v) is 4.59. The molecule has 6 nitrogen and oxygen atoms in total. The molecule has 202 valence electrons. The molecule has 2 aromatic carbocycles.